The summed E-state index contributed by atoms with van der Waals surface area (Å²) >= 11 is 0. The number of para-hydroxylation sites is 1. The molecule has 114 valence electrons. The molecule has 4 heteroatoms. The maximum absolute atomic E-state index is 12.4. The Hall–Kier alpha value is -2.62. The second-order valence-corrected chi connectivity index (χ2v) is 4.89. The molecule has 4 nitrogen and oxygen atoms in total. The predicted octanol–water partition coefficient (Wildman–Crippen LogP) is 2.94. The molecule has 0 fully saturated rings. The van der Waals surface area contributed by atoms with Crippen LogP contribution < -0.4 is 4.90 Å². The fourth-order valence-electron chi connectivity index (χ4n) is 2.13. The van der Waals surface area contributed by atoms with Gasteiger partial charge in [-0.3, -0.25) is 9.59 Å². The van der Waals surface area contributed by atoms with Gasteiger partial charge < -0.3 is 9.64 Å². The highest BCUT2D eigenvalue weighted by atomic mass is 16.5. The third-order valence-corrected chi connectivity index (χ3v) is 3.22. The number of carbonyl (C=O) groups is 2. The van der Waals surface area contributed by atoms with E-state index >= 15 is 0 Å². The molecule has 0 saturated heterocycles. The van der Waals surface area contributed by atoms with Gasteiger partial charge in [-0.2, -0.15) is 0 Å². The largest absolute Gasteiger partial charge is 0.464 e. The van der Waals surface area contributed by atoms with Crippen LogP contribution in [-0.4, -0.2) is 31.4 Å². The minimum Gasteiger partial charge on any atom is -0.464 e. The number of hydrogen-bond donors (Lipinski definition) is 0. The van der Waals surface area contributed by atoms with Gasteiger partial charge in [0.2, 0.25) is 0 Å². The topological polar surface area (TPSA) is 46.6 Å². The highest BCUT2D eigenvalue weighted by Crippen LogP contribution is 2.14. The minimum atomic E-state index is -0.317. The molecule has 0 aliphatic carbocycles. The summed E-state index contributed by atoms with van der Waals surface area (Å²) in [6.07, 6.45) is 0. The van der Waals surface area contributed by atoms with Gasteiger partial charge in [0.05, 0.1) is 13.1 Å². The van der Waals surface area contributed by atoms with E-state index in [1.165, 1.54) is 6.92 Å². The average molecular weight is 297 g/mol. The van der Waals surface area contributed by atoms with Crippen LogP contribution in [0.3, 0.4) is 0 Å². The number of benzene rings is 2. The van der Waals surface area contributed by atoms with Gasteiger partial charge >= 0.3 is 5.97 Å². The zero-order valence-corrected chi connectivity index (χ0v) is 12.6. The smallest absolute Gasteiger partial charge is 0.302 e. The number of ketones is 1. The Balaban J connectivity index is 2.07. The normalized spacial score (nSPS) is 10.0. The molecule has 0 radical (unpaired) electrons. The summed E-state index contributed by atoms with van der Waals surface area (Å²) in [5.74, 6) is -0.283. The molecule has 2 aromatic rings. The Morgan fingerprint density at radius 3 is 2.14 bits per heavy atom. The van der Waals surface area contributed by atoms with Crippen molar-refractivity contribution in [1.82, 2.24) is 0 Å². The third kappa shape index (κ3) is 4.74. The number of nitrogens with zero attached hydrogens (tertiary/aromatic N) is 1. The summed E-state index contributed by atoms with van der Waals surface area (Å²) in [5.41, 5.74) is 1.61. The van der Waals surface area contributed by atoms with Gasteiger partial charge in [-0.1, -0.05) is 48.5 Å². The maximum Gasteiger partial charge on any atom is 0.302 e. The van der Waals surface area contributed by atoms with Crippen LogP contribution in [0, 0.1) is 0 Å². The van der Waals surface area contributed by atoms with Crippen molar-refractivity contribution in [2.75, 3.05) is 24.6 Å². The summed E-state index contributed by atoms with van der Waals surface area (Å²) in [7, 11) is 0. The molecule has 0 N–H and O–H groups in total. The number of carbonyl (C=O) groups excluding carboxylic acids is 2. The van der Waals surface area contributed by atoms with Crippen molar-refractivity contribution in [3.63, 3.8) is 0 Å². The number of hydrogen-bond acceptors (Lipinski definition) is 4. The zero-order valence-electron chi connectivity index (χ0n) is 12.6. The molecule has 0 amide bonds. The molecule has 2 aromatic carbocycles. The first-order valence-corrected chi connectivity index (χ1v) is 7.18. The van der Waals surface area contributed by atoms with Crippen LogP contribution in [0.25, 0.3) is 0 Å². The van der Waals surface area contributed by atoms with Crippen LogP contribution in [0.1, 0.15) is 17.3 Å². The second kappa shape index (κ2) is 7.98. The molecular weight excluding hydrogens is 278 g/mol. The van der Waals surface area contributed by atoms with Crippen molar-refractivity contribution < 1.29 is 14.3 Å². The van der Waals surface area contributed by atoms with E-state index in [9.17, 15) is 9.59 Å². The lowest BCUT2D eigenvalue weighted by atomic mass is 10.1. The first kappa shape index (κ1) is 15.8. The first-order valence-electron chi connectivity index (χ1n) is 7.18. The number of ether oxygens (including phenoxy) is 1. The van der Waals surface area contributed by atoms with Gasteiger partial charge in [0, 0.05) is 18.2 Å². The maximum atomic E-state index is 12.4. The molecule has 0 saturated carbocycles. The Labute approximate surface area is 130 Å². The molecule has 0 aliphatic heterocycles. The molecule has 0 spiro atoms. The fourth-order valence-corrected chi connectivity index (χ4v) is 2.13. The second-order valence-electron chi connectivity index (χ2n) is 4.89. The van der Waals surface area contributed by atoms with Crippen molar-refractivity contribution in [3.8, 4) is 0 Å². The Bertz CT molecular complexity index is 611. The lowest BCUT2D eigenvalue weighted by Crippen LogP contribution is -2.33. The van der Waals surface area contributed by atoms with Crippen molar-refractivity contribution >= 4 is 17.4 Å². The lowest BCUT2D eigenvalue weighted by Gasteiger charge is -2.23. The standard InChI is InChI=1S/C18H19NO3/c1-15(20)22-13-12-19(17-10-6-3-7-11-17)14-18(21)16-8-4-2-5-9-16/h2-11H,12-14H2,1H3. The van der Waals surface area contributed by atoms with E-state index in [0.29, 0.717) is 12.1 Å². The number of esters is 1. The molecule has 0 atom stereocenters. The molecule has 0 aromatic heterocycles. The van der Waals surface area contributed by atoms with E-state index < -0.39 is 0 Å². The van der Waals surface area contributed by atoms with Gasteiger partial charge in [0.1, 0.15) is 6.61 Å². The van der Waals surface area contributed by atoms with Gasteiger partial charge in [0.25, 0.3) is 0 Å². The molecular formula is C18H19NO3. The molecule has 0 aliphatic rings. The van der Waals surface area contributed by atoms with Crippen molar-refractivity contribution in [3.05, 3.63) is 66.2 Å². The highest BCUT2D eigenvalue weighted by Gasteiger charge is 2.13. The Kier molecular flexibility index (Phi) is 5.72. The van der Waals surface area contributed by atoms with E-state index in [4.69, 9.17) is 4.74 Å². The van der Waals surface area contributed by atoms with Gasteiger partial charge in [-0.05, 0) is 12.1 Å². The number of rotatable bonds is 7. The average Bonchev–Trinajstić information content (AvgIpc) is 2.55. The quantitative estimate of drug-likeness (QED) is 0.582. The van der Waals surface area contributed by atoms with E-state index in [-0.39, 0.29) is 24.9 Å². The lowest BCUT2D eigenvalue weighted by molar-refractivity contribution is -0.140. The zero-order chi connectivity index (χ0) is 15.8. The molecule has 0 unspecified atom stereocenters. The minimum absolute atomic E-state index is 0.0345. The van der Waals surface area contributed by atoms with Crippen LogP contribution in [0.4, 0.5) is 5.69 Å². The summed E-state index contributed by atoms with van der Waals surface area (Å²) < 4.78 is 4.99. The fraction of sp³-hybridized carbons (Fsp3) is 0.222. The van der Waals surface area contributed by atoms with Crippen LogP contribution >= 0.6 is 0 Å². The molecule has 0 bridgehead atoms. The Morgan fingerprint density at radius 1 is 0.955 bits per heavy atom. The molecule has 2 rings (SSSR count). The molecule has 0 heterocycles. The van der Waals surface area contributed by atoms with Crippen molar-refractivity contribution in [2.24, 2.45) is 0 Å². The van der Waals surface area contributed by atoms with Crippen molar-refractivity contribution in [2.45, 2.75) is 6.92 Å². The van der Waals surface area contributed by atoms with Crippen LogP contribution in [0.5, 0.6) is 0 Å². The SMILES string of the molecule is CC(=O)OCCN(CC(=O)c1ccccc1)c1ccccc1. The van der Waals surface area contributed by atoms with Crippen LogP contribution in [0.2, 0.25) is 0 Å². The highest BCUT2D eigenvalue weighted by molar-refractivity contribution is 5.99. The summed E-state index contributed by atoms with van der Waals surface area (Å²) in [6.45, 7) is 2.35. The van der Waals surface area contributed by atoms with Crippen molar-refractivity contribution in [1.29, 1.82) is 0 Å². The van der Waals surface area contributed by atoms with E-state index in [2.05, 4.69) is 0 Å². The van der Waals surface area contributed by atoms with Gasteiger partial charge in [0.15, 0.2) is 5.78 Å². The number of Topliss-reactive ketones (excluding diaryl/α,β-unsaturated/α-hetero) is 1. The van der Waals surface area contributed by atoms with Crippen LogP contribution in [0.15, 0.2) is 60.7 Å². The molecule has 22 heavy (non-hydrogen) atoms. The van der Waals surface area contributed by atoms with Gasteiger partial charge in [-0.15, -0.1) is 0 Å². The van der Waals surface area contributed by atoms with E-state index in [0.717, 1.165) is 5.69 Å². The first-order chi connectivity index (χ1) is 10.7. The Morgan fingerprint density at radius 2 is 1.55 bits per heavy atom. The van der Waals surface area contributed by atoms with E-state index in [1.807, 2.05) is 53.4 Å². The summed E-state index contributed by atoms with van der Waals surface area (Å²) in [4.78, 5) is 25.2. The summed E-state index contributed by atoms with van der Waals surface area (Å²) in [6, 6.07) is 18.8. The van der Waals surface area contributed by atoms with Gasteiger partial charge in [-0.25, -0.2) is 0 Å². The van der Waals surface area contributed by atoms with E-state index in [1.54, 1.807) is 12.1 Å². The summed E-state index contributed by atoms with van der Waals surface area (Å²) in [5, 5.41) is 0. The predicted molar refractivity (Wildman–Crippen MR) is 86.1 cm³/mol. The number of anilines is 1. The monoisotopic (exact) mass is 297 g/mol. The van der Waals surface area contributed by atoms with Crippen LogP contribution in [-0.2, 0) is 9.53 Å². The third-order valence-electron chi connectivity index (χ3n) is 3.22.